The van der Waals surface area contributed by atoms with Gasteiger partial charge >= 0.3 is 12.1 Å². The lowest BCUT2D eigenvalue weighted by Crippen LogP contribution is -2.21. The molecule has 0 fully saturated rings. The lowest BCUT2D eigenvalue weighted by Gasteiger charge is -2.13. The summed E-state index contributed by atoms with van der Waals surface area (Å²) in [6.45, 7) is 1.34. The van der Waals surface area contributed by atoms with Gasteiger partial charge < -0.3 is 9.47 Å². The van der Waals surface area contributed by atoms with Crippen molar-refractivity contribution in [2.75, 3.05) is 24.3 Å². The number of aromatic nitrogens is 2. The number of ether oxygens (including phenoxy) is 2. The Morgan fingerprint density at radius 3 is 2.70 bits per heavy atom. The number of nitrogens with zero attached hydrogens (tertiary/aromatic N) is 2. The summed E-state index contributed by atoms with van der Waals surface area (Å²) < 4.78 is 48.8. The largest absolute Gasteiger partial charge is 0.483 e. The van der Waals surface area contributed by atoms with Crippen LogP contribution in [0.2, 0.25) is 0 Å². The number of anilines is 1. The van der Waals surface area contributed by atoms with Crippen molar-refractivity contribution < 1.29 is 32.2 Å². The molecule has 1 aromatic heterocycles. The summed E-state index contributed by atoms with van der Waals surface area (Å²) in [7, 11) is 0. The maximum atomic E-state index is 12.9. The van der Waals surface area contributed by atoms with Gasteiger partial charge in [-0.3, -0.25) is 14.9 Å². The number of carbonyl (C=O) groups excluding carboxylic acids is 2. The maximum Gasteiger partial charge on any atom is 0.419 e. The molecule has 2 rings (SSSR count). The molecule has 27 heavy (non-hydrogen) atoms. The fourth-order valence-corrected chi connectivity index (χ4v) is 3.33. The Bertz CT molecular complexity index is 799. The standard InChI is InChI=1S/C15H14F3N3O4S2/c1-2-24-12(23)8-26-14-21-20-13(27-14)19-11(22)7-25-10-6-4-3-5-9(10)15(16,17)18/h3-6H,2,7-8H2,1H3,(H,19,20,22). The van der Waals surface area contributed by atoms with E-state index >= 15 is 0 Å². The molecule has 0 saturated carbocycles. The fourth-order valence-electron chi connectivity index (χ4n) is 1.77. The van der Waals surface area contributed by atoms with Crippen molar-refractivity contribution in [2.24, 2.45) is 0 Å². The fraction of sp³-hybridized carbons (Fsp3) is 0.333. The van der Waals surface area contributed by atoms with Crippen LogP contribution in [-0.2, 0) is 20.5 Å². The second-order valence-electron chi connectivity index (χ2n) is 4.80. The minimum Gasteiger partial charge on any atom is -0.483 e. The number of benzene rings is 1. The molecule has 12 heteroatoms. The zero-order valence-corrected chi connectivity index (χ0v) is 15.5. The van der Waals surface area contributed by atoms with Crippen LogP contribution in [0.3, 0.4) is 0 Å². The molecule has 0 aliphatic carbocycles. The number of esters is 1. The van der Waals surface area contributed by atoms with Crippen molar-refractivity contribution in [3.8, 4) is 5.75 Å². The number of nitrogens with one attached hydrogen (secondary N) is 1. The highest BCUT2D eigenvalue weighted by Crippen LogP contribution is 2.35. The number of thioether (sulfide) groups is 1. The van der Waals surface area contributed by atoms with Gasteiger partial charge in [0.05, 0.1) is 17.9 Å². The maximum absolute atomic E-state index is 12.9. The van der Waals surface area contributed by atoms with Crippen LogP contribution in [0.15, 0.2) is 28.6 Å². The Morgan fingerprint density at radius 2 is 2.00 bits per heavy atom. The van der Waals surface area contributed by atoms with Crippen molar-refractivity contribution in [2.45, 2.75) is 17.4 Å². The van der Waals surface area contributed by atoms with Crippen LogP contribution in [0.1, 0.15) is 12.5 Å². The van der Waals surface area contributed by atoms with Gasteiger partial charge in [0.2, 0.25) is 5.13 Å². The van der Waals surface area contributed by atoms with Gasteiger partial charge in [-0.25, -0.2) is 0 Å². The predicted molar refractivity (Wildman–Crippen MR) is 92.8 cm³/mol. The van der Waals surface area contributed by atoms with E-state index in [1.165, 1.54) is 12.1 Å². The molecule has 2 aromatic rings. The molecule has 0 atom stereocenters. The van der Waals surface area contributed by atoms with Crippen LogP contribution in [0.5, 0.6) is 5.75 Å². The van der Waals surface area contributed by atoms with Crippen LogP contribution < -0.4 is 10.1 Å². The summed E-state index contributed by atoms with van der Waals surface area (Å²) in [6, 6.07) is 4.60. The van der Waals surface area contributed by atoms with Crippen molar-refractivity contribution in [3.63, 3.8) is 0 Å². The van der Waals surface area contributed by atoms with Crippen LogP contribution in [0, 0.1) is 0 Å². The van der Waals surface area contributed by atoms with E-state index in [4.69, 9.17) is 9.47 Å². The van der Waals surface area contributed by atoms with Crippen LogP contribution in [0.25, 0.3) is 0 Å². The molecule has 7 nitrogen and oxygen atoms in total. The van der Waals surface area contributed by atoms with Crippen molar-refractivity contribution in [1.29, 1.82) is 0 Å². The molecule has 0 saturated heterocycles. The van der Waals surface area contributed by atoms with Gasteiger partial charge in [0.1, 0.15) is 5.75 Å². The van der Waals surface area contributed by atoms with Crippen LogP contribution in [-0.4, -0.2) is 41.0 Å². The average Bonchev–Trinajstić information content (AvgIpc) is 3.05. The van der Waals surface area contributed by atoms with Gasteiger partial charge in [0.15, 0.2) is 10.9 Å². The molecular weight excluding hydrogens is 407 g/mol. The number of para-hydroxylation sites is 1. The monoisotopic (exact) mass is 421 g/mol. The Morgan fingerprint density at radius 1 is 1.26 bits per heavy atom. The SMILES string of the molecule is CCOC(=O)CSc1nnc(NC(=O)COc2ccccc2C(F)(F)F)s1. The average molecular weight is 421 g/mol. The Labute approximate surface area is 160 Å². The number of hydrogen-bond donors (Lipinski definition) is 1. The van der Waals surface area contributed by atoms with Gasteiger partial charge in [-0.05, 0) is 19.1 Å². The summed E-state index contributed by atoms with van der Waals surface area (Å²) in [5.41, 5.74) is -0.966. The third-order valence-electron chi connectivity index (χ3n) is 2.82. The van der Waals surface area contributed by atoms with Gasteiger partial charge in [-0.2, -0.15) is 13.2 Å². The molecule has 0 unspecified atom stereocenters. The van der Waals surface area contributed by atoms with E-state index in [9.17, 15) is 22.8 Å². The first-order chi connectivity index (χ1) is 12.8. The molecule has 1 heterocycles. The van der Waals surface area contributed by atoms with Crippen molar-refractivity contribution in [1.82, 2.24) is 10.2 Å². The minimum absolute atomic E-state index is 0.0494. The molecule has 1 aromatic carbocycles. The van der Waals surface area contributed by atoms with Crippen molar-refractivity contribution >= 4 is 40.1 Å². The summed E-state index contributed by atoms with van der Waals surface area (Å²) in [5.74, 6) is -1.48. The van der Waals surface area contributed by atoms with E-state index in [-0.39, 0.29) is 17.5 Å². The topological polar surface area (TPSA) is 90.4 Å². The molecule has 1 amide bonds. The smallest absolute Gasteiger partial charge is 0.419 e. The molecule has 0 spiro atoms. The van der Waals surface area contributed by atoms with E-state index in [0.717, 1.165) is 35.2 Å². The first-order valence-electron chi connectivity index (χ1n) is 7.50. The van der Waals surface area contributed by atoms with E-state index in [1.54, 1.807) is 6.92 Å². The predicted octanol–water partition coefficient (Wildman–Crippen LogP) is 3.23. The molecule has 1 N–H and O–H groups in total. The lowest BCUT2D eigenvalue weighted by atomic mass is 10.2. The normalized spacial score (nSPS) is 11.1. The quantitative estimate of drug-likeness (QED) is 0.398. The number of amides is 1. The van der Waals surface area contributed by atoms with Gasteiger partial charge in [-0.1, -0.05) is 35.2 Å². The highest BCUT2D eigenvalue weighted by Gasteiger charge is 2.34. The molecule has 0 aliphatic heterocycles. The molecule has 0 bridgehead atoms. The first-order valence-corrected chi connectivity index (χ1v) is 9.30. The van der Waals surface area contributed by atoms with Crippen molar-refractivity contribution in [3.05, 3.63) is 29.8 Å². The summed E-state index contributed by atoms with van der Waals surface area (Å²) in [4.78, 5) is 23.1. The Hall–Kier alpha value is -2.34. The Kier molecular flexibility index (Phi) is 7.42. The van der Waals surface area contributed by atoms with Gasteiger partial charge in [0.25, 0.3) is 5.91 Å². The van der Waals surface area contributed by atoms with E-state index < -0.39 is 36.0 Å². The highest BCUT2D eigenvalue weighted by molar-refractivity contribution is 8.01. The molecular formula is C15H14F3N3O4S2. The number of alkyl halides is 3. The highest BCUT2D eigenvalue weighted by atomic mass is 32.2. The third-order valence-corrected chi connectivity index (χ3v) is 4.77. The molecule has 146 valence electrons. The minimum atomic E-state index is -4.59. The van der Waals surface area contributed by atoms with E-state index in [1.807, 2.05) is 0 Å². The lowest BCUT2D eigenvalue weighted by molar-refractivity contribution is -0.140. The van der Waals surface area contributed by atoms with E-state index in [2.05, 4.69) is 15.5 Å². The molecule has 0 aliphatic rings. The molecule has 0 radical (unpaired) electrons. The second-order valence-corrected chi connectivity index (χ2v) is 7.00. The third kappa shape index (κ3) is 6.71. The Balaban J connectivity index is 1.86. The zero-order chi connectivity index (χ0) is 19.9. The van der Waals surface area contributed by atoms with Crippen LogP contribution in [0.4, 0.5) is 18.3 Å². The van der Waals surface area contributed by atoms with Gasteiger partial charge in [0, 0.05) is 0 Å². The number of rotatable bonds is 8. The van der Waals surface area contributed by atoms with Crippen LogP contribution >= 0.6 is 23.1 Å². The first kappa shape index (κ1) is 21.0. The second kappa shape index (κ2) is 9.55. The van der Waals surface area contributed by atoms with E-state index in [0.29, 0.717) is 4.34 Å². The number of hydrogen-bond acceptors (Lipinski definition) is 8. The number of halogens is 3. The summed E-state index contributed by atoms with van der Waals surface area (Å²) in [5, 5.41) is 10.0. The zero-order valence-electron chi connectivity index (χ0n) is 13.9. The summed E-state index contributed by atoms with van der Waals surface area (Å²) in [6.07, 6.45) is -4.59. The summed E-state index contributed by atoms with van der Waals surface area (Å²) >= 11 is 2.11. The number of carbonyl (C=O) groups is 2. The van der Waals surface area contributed by atoms with Gasteiger partial charge in [-0.15, -0.1) is 10.2 Å².